The Kier molecular flexibility index (Phi) is 4.79. The molecular formula is C16H17BrN2O. The normalized spacial score (nSPS) is 10.2. The van der Waals surface area contributed by atoms with Gasteiger partial charge in [-0.15, -0.1) is 0 Å². The lowest BCUT2D eigenvalue weighted by atomic mass is 10.2. The summed E-state index contributed by atoms with van der Waals surface area (Å²) in [5, 5.41) is 6.02. The molecule has 0 saturated heterocycles. The van der Waals surface area contributed by atoms with E-state index in [2.05, 4.69) is 26.6 Å². The Morgan fingerprint density at radius 3 is 2.65 bits per heavy atom. The summed E-state index contributed by atoms with van der Waals surface area (Å²) in [5.41, 5.74) is 3.99. The zero-order chi connectivity index (χ0) is 14.5. The first-order chi connectivity index (χ1) is 9.54. The molecule has 104 valence electrons. The molecule has 2 N–H and O–H groups in total. The number of nitrogens with one attached hydrogen (secondary N) is 2. The van der Waals surface area contributed by atoms with Gasteiger partial charge in [0, 0.05) is 15.8 Å². The summed E-state index contributed by atoms with van der Waals surface area (Å²) < 4.78 is 1.01. The van der Waals surface area contributed by atoms with E-state index in [0.29, 0.717) is 0 Å². The van der Waals surface area contributed by atoms with Crippen molar-refractivity contribution in [3.63, 3.8) is 0 Å². The number of carbonyl (C=O) groups excluding carboxylic acids is 1. The topological polar surface area (TPSA) is 41.1 Å². The minimum absolute atomic E-state index is 0.0584. The van der Waals surface area contributed by atoms with Crippen LogP contribution in [-0.4, -0.2) is 12.5 Å². The first-order valence-electron chi connectivity index (χ1n) is 6.41. The van der Waals surface area contributed by atoms with Gasteiger partial charge >= 0.3 is 0 Å². The molecule has 2 aromatic rings. The Morgan fingerprint density at radius 2 is 1.95 bits per heavy atom. The number of hydrogen-bond donors (Lipinski definition) is 2. The maximum Gasteiger partial charge on any atom is 0.243 e. The standard InChI is InChI=1S/C16H17BrN2O/c1-11-4-3-5-14(8-11)18-10-16(20)19-15-7-6-13(17)9-12(15)2/h3-9,18H,10H2,1-2H3,(H,19,20). The smallest absolute Gasteiger partial charge is 0.243 e. The molecule has 0 fully saturated rings. The van der Waals surface area contributed by atoms with Crippen LogP contribution in [0.25, 0.3) is 0 Å². The summed E-state index contributed by atoms with van der Waals surface area (Å²) in [5.74, 6) is -0.0584. The maximum atomic E-state index is 11.9. The van der Waals surface area contributed by atoms with Crippen molar-refractivity contribution in [1.29, 1.82) is 0 Å². The molecule has 0 aromatic heterocycles. The molecule has 4 heteroatoms. The summed E-state index contributed by atoms with van der Waals surface area (Å²) in [6.07, 6.45) is 0. The minimum atomic E-state index is -0.0584. The quantitative estimate of drug-likeness (QED) is 0.884. The summed E-state index contributed by atoms with van der Waals surface area (Å²) in [6.45, 7) is 4.24. The van der Waals surface area contributed by atoms with Crippen molar-refractivity contribution >= 4 is 33.2 Å². The van der Waals surface area contributed by atoms with Gasteiger partial charge < -0.3 is 10.6 Å². The molecular weight excluding hydrogens is 316 g/mol. The average Bonchev–Trinajstić information content (AvgIpc) is 2.40. The Morgan fingerprint density at radius 1 is 1.15 bits per heavy atom. The SMILES string of the molecule is Cc1cccc(NCC(=O)Nc2ccc(Br)cc2C)c1. The lowest BCUT2D eigenvalue weighted by Gasteiger charge is -2.10. The van der Waals surface area contributed by atoms with Crippen LogP contribution in [0.4, 0.5) is 11.4 Å². The van der Waals surface area contributed by atoms with E-state index in [1.54, 1.807) is 0 Å². The predicted molar refractivity (Wildman–Crippen MR) is 87.2 cm³/mol. The minimum Gasteiger partial charge on any atom is -0.376 e. The summed E-state index contributed by atoms with van der Waals surface area (Å²) >= 11 is 3.41. The molecule has 0 atom stereocenters. The molecule has 0 saturated carbocycles. The molecule has 1 amide bonds. The summed E-state index contributed by atoms with van der Waals surface area (Å²) in [6, 6.07) is 13.7. The van der Waals surface area contributed by atoms with Crippen molar-refractivity contribution in [3.8, 4) is 0 Å². The number of aryl methyl sites for hydroxylation is 2. The monoisotopic (exact) mass is 332 g/mol. The molecule has 2 rings (SSSR count). The van der Waals surface area contributed by atoms with Crippen LogP contribution in [0, 0.1) is 13.8 Å². The second-order valence-corrected chi connectivity index (χ2v) is 5.65. The van der Waals surface area contributed by atoms with Crippen LogP contribution >= 0.6 is 15.9 Å². The molecule has 0 unspecified atom stereocenters. The van der Waals surface area contributed by atoms with E-state index >= 15 is 0 Å². The van der Waals surface area contributed by atoms with E-state index in [1.807, 2.05) is 56.3 Å². The molecule has 20 heavy (non-hydrogen) atoms. The van der Waals surface area contributed by atoms with Crippen molar-refractivity contribution in [2.75, 3.05) is 17.2 Å². The van der Waals surface area contributed by atoms with Gasteiger partial charge in [-0.1, -0.05) is 28.1 Å². The Labute approximate surface area is 127 Å². The summed E-state index contributed by atoms with van der Waals surface area (Å²) in [7, 11) is 0. The van der Waals surface area contributed by atoms with E-state index in [1.165, 1.54) is 5.56 Å². The lowest BCUT2D eigenvalue weighted by molar-refractivity contribution is -0.114. The van der Waals surface area contributed by atoms with Gasteiger partial charge in [-0.25, -0.2) is 0 Å². The third-order valence-corrected chi connectivity index (χ3v) is 3.43. The number of hydrogen-bond acceptors (Lipinski definition) is 2. The van der Waals surface area contributed by atoms with Crippen LogP contribution < -0.4 is 10.6 Å². The largest absolute Gasteiger partial charge is 0.376 e. The highest BCUT2D eigenvalue weighted by Crippen LogP contribution is 2.20. The molecule has 2 aromatic carbocycles. The average molecular weight is 333 g/mol. The molecule has 0 aliphatic rings. The van der Waals surface area contributed by atoms with Gasteiger partial charge in [0.2, 0.25) is 5.91 Å². The Hall–Kier alpha value is -1.81. The van der Waals surface area contributed by atoms with Gasteiger partial charge in [-0.2, -0.15) is 0 Å². The first kappa shape index (κ1) is 14.6. The van der Waals surface area contributed by atoms with Crippen molar-refractivity contribution in [2.24, 2.45) is 0 Å². The maximum absolute atomic E-state index is 11.9. The van der Waals surface area contributed by atoms with E-state index in [9.17, 15) is 4.79 Å². The highest BCUT2D eigenvalue weighted by atomic mass is 79.9. The Bertz CT molecular complexity index is 626. The van der Waals surface area contributed by atoms with E-state index in [-0.39, 0.29) is 12.5 Å². The number of rotatable bonds is 4. The van der Waals surface area contributed by atoms with Crippen molar-refractivity contribution in [1.82, 2.24) is 0 Å². The highest BCUT2D eigenvalue weighted by molar-refractivity contribution is 9.10. The molecule has 3 nitrogen and oxygen atoms in total. The number of carbonyl (C=O) groups is 1. The zero-order valence-corrected chi connectivity index (χ0v) is 13.1. The van der Waals surface area contributed by atoms with E-state index in [0.717, 1.165) is 21.4 Å². The van der Waals surface area contributed by atoms with Gasteiger partial charge in [0.05, 0.1) is 6.54 Å². The number of amides is 1. The van der Waals surface area contributed by atoms with Crippen molar-refractivity contribution in [3.05, 3.63) is 58.1 Å². The third-order valence-electron chi connectivity index (χ3n) is 2.93. The first-order valence-corrected chi connectivity index (χ1v) is 7.20. The fourth-order valence-corrected chi connectivity index (χ4v) is 2.37. The van der Waals surface area contributed by atoms with Crippen LogP contribution in [0.5, 0.6) is 0 Å². The van der Waals surface area contributed by atoms with Gasteiger partial charge in [0.1, 0.15) is 0 Å². The fourth-order valence-electron chi connectivity index (χ4n) is 1.90. The fraction of sp³-hybridized carbons (Fsp3) is 0.188. The van der Waals surface area contributed by atoms with Crippen LogP contribution in [0.1, 0.15) is 11.1 Å². The molecule has 0 radical (unpaired) electrons. The molecule has 0 spiro atoms. The Balaban J connectivity index is 1.92. The molecule has 0 bridgehead atoms. The van der Waals surface area contributed by atoms with Crippen LogP contribution in [-0.2, 0) is 4.79 Å². The zero-order valence-electron chi connectivity index (χ0n) is 11.5. The van der Waals surface area contributed by atoms with Crippen LogP contribution in [0.3, 0.4) is 0 Å². The van der Waals surface area contributed by atoms with E-state index < -0.39 is 0 Å². The molecule has 0 aliphatic carbocycles. The van der Waals surface area contributed by atoms with Crippen molar-refractivity contribution < 1.29 is 4.79 Å². The number of halogens is 1. The summed E-state index contributed by atoms with van der Waals surface area (Å²) in [4.78, 5) is 11.9. The van der Waals surface area contributed by atoms with Gasteiger partial charge in [-0.3, -0.25) is 4.79 Å². The second-order valence-electron chi connectivity index (χ2n) is 4.73. The van der Waals surface area contributed by atoms with E-state index in [4.69, 9.17) is 0 Å². The number of benzene rings is 2. The predicted octanol–water partition coefficient (Wildman–Crippen LogP) is 4.12. The lowest BCUT2D eigenvalue weighted by Crippen LogP contribution is -2.22. The second kappa shape index (κ2) is 6.57. The highest BCUT2D eigenvalue weighted by Gasteiger charge is 2.05. The van der Waals surface area contributed by atoms with Gasteiger partial charge in [-0.05, 0) is 55.3 Å². The van der Waals surface area contributed by atoms with Crippen LogP contribution in [0.15, 0.2) is 46.9 Å². The van der Waals surface area contributed by atoms with Gasteiger partial charge in [0.25, 0.3) is 0 Å². The number of anilines is 2. The molecule has 0 heterocycles. The third kappa shape index (κ3) is 4.10. The molecule has 0 aliphatic heterocycles. The van der Waals surface area contributed by atoms with Crippen LogP contribution in [0.2, 0.25) is 0 Å². The van der Waals surface area contributed by atoms with Gasteiger partial charge in [0.15, 0.2) is 0 Å². The van der Waals surface area contributed by atoms with Crippen molar-refractivity contribution in [2.45, 2.75) is 13.8 Å².